The molecule has 0 aliphatic heterocycles. The summed E-state index contributed by atoms with van der Waals surface area (Å²) in [6.07, 6.45) is 0. The van der Waals surface area contributed by atoms with Crippen LogP contribution >= 0.6 is 0 Å². The van der Waals surface area contributed by atoms with Crippen LogP contribution < -0.4 is 5.73 Å². The Balaban J connectivity index is 3.07. The third-order valence-electron chi connectivity index (χ3n) is 2.64. The predicted octanol–water partition coefficient (Wildman–Crippen LogP) is 2.85. The van der Waals surface area contributed by atoms with Crippen molar-refractivity contribution in [3.8, 4) is 0 Å². The van der Waals surface area contributed by atoms with E-state index in [2.05, 4.69) is 4.98 Å². The largest absolute Gasteiger partial charge is 0.398 e. The number of benzene rings is 1. The zero-order valence-corrected chi connectivity index (χ0v) is 8.74. The molecule has 2 N–H and O–H groups in total. The highest BCUT2D eigenvalue weighted by Gasteiger charge is 2.18. The van der Waals surface area contributed by atoms with E-state index in [1.807, 2.05) is 0 Å². The molecule has 2 aromatic rings. The Bertz CT molecular complexity index is 594. The van der Waals surface area contributed by atoms with Crippen LogP contribution in [0.5, 0.6) is 0 Å². The van der Waals surface area contributed by atoms with Gasteiger partial charge in [-0.2, -0.15) is 0 Å². The van der Waals surface area contributed by atoms with Gasteiger partial charge >= 0.3 is 0 Å². The van der Waals surface area contributed by atoms with Crippen molar-refractivity contribution in [1.82, 2.24) is 4.98 Å². The maximum atomic E-state index is 13.5. The summed E-state index contributed by atoms with van der Waals surface area (Å²) in [6.45, 7) is 3.26. The molecule has 0 spiro atoms. The molecular formula is C11H9F3N2. The molecule has 1 aromatic carbocycles. The van der Waals surface area contributed by atoms with E-state index < -0.39 is 17.5 Å². The van der Waals surface area contributed by atoms with Gasteiger partial charge in [0.1, 0.15) is 11.3 Å². The van der Waals surface area contributed by atoms with Gasteiger partial charge in [-0.05, 0) is 19.4 Å². The Labute approximate surface area is 89.9 Å². The first-order valence-electron chi connectivity index (χ1n) is 4.63. The summed E-state index contributed by atoms with van der Waals surface area (Å²) in [6, 6.07) is 0.477. The van der Waals surface area contributed by atoms with Crippen molar-refractivity contribution in [3.63, 3.8) is 0 Å². The van der Waals surface area contributed by atoms with Crippen LogP contribution in [0.4, 0.5) is 18.9 Å². The van der Waals surface area contributed by atoms with Crippen molar-refractivity contribution in [2.24, 2.45) is 0 Å². The van der Waals surface area contributed by atoms with Gasteiger partial charge in [0.25, 0.3) is 0 Å². The molecule has 2 nitrogen and oxygen atoms in total. The Morgan fingerprint density at radius 1 is 1.12 bits per heavy atom. The normalized spacial score (nSPS) is 11.1. The minimum atomic E-state index is -1.26. The van der Waals surface area contributed by atoms with Crippen LogP contribution in [-0.4, -0.2) is 4.98 Å². The van der Waals surface area contributed by atoms with E-state index in [-0.39, 0.29) is 16.6 Å². The van der Waals surface area contributed by atoms with Gasteiger partial charge in [-0.25, -0.2) is 18.2 Å². The Morgan fingerprint density at radius 3 is 2.38 bits per heavy atom. The van der Waals surface area contributed by atoms with Crippen molar-refractivity contribution in [3.05, 3.63) is 34.8 Å². The fraction of sp³-hybridized carbons (Fsp3) is 0.182. The van der Waals surface area contributed by atoms with E-state index in [9.17, 15) is 13.2 Å². The quantitative estimate of drug-likeness (QED) is 0.701. The summed E-state index contributed by atoms with van der Waals surface area (Å²) in [7, 11) is 0. The van der Waals surface area contributed by atoms with Crippen LogP contribution in [0.1, 0.15) is 11.3 Å². The van der Waals surface area contributed by atoms with E-state index in [1.165, 1.54) is 0 Å². The van der Waals surface area contributed by atoms with Gasteiger partial charge in [-0.1, -0.05) is 0 Å². The first kappa shape index (κ1) is 10.7. The standard InChI is InChI=1S/C11H9F3N2/c1-4-5(2)16-11-8(10(4)15)6(12)3-7(13)9(11)14/h3H,1-2H3,(H2,15,16). The monoisotopic (exact) mass is 226 g/mol. The topological polar surface area (TPSA) is 38.9 Å². The lowest BCUT2D eigenvalue weighted by atomic mass is 10.1. The van der Waals surface area contributed by atoms with Crippen molar-refractivity contribution >= 4 is 16.6 Å². The number of pyridine rings is 1. The average Bonchev–Trinajstić information content (AvgIpc) is 2.22. The molecule has 5 heteroatoms. The number of aryl methyl sites for hydroxylation is 1. The van der Waals surface area contributed by atoms with Gasteiger partial charge in [0.05, 0.1) is 5.39 Å². The molecule has 16 heavy (non-hydrogen) atoms. The minimum Gasteiger partial charge on any atom is -0.398 e. The first-order chi connectivity index (χ1) is 7.43. The maximum Gasteiger partial charge on any atom is 0.185 e. The number of nitrogen functional groups attached to an aromatic ring is 1. The molecule has 84 valence electrons. The molecule has 0 aliphatic rings. The molecule has 0 amide bonds. The molecule has 0 radical (unpaired) electrons. The number of nitrogens with two attached hydrogens (primary N) is 1. The van der Waals surface area contributed by atoms with E-state index in [0.717, 1.165) is 0 Å². The zero-order chi connectivity index (χ0) is 12.0. The van der Waals surface area contributed by atoms with E-state index in [0.29, 0.717) is 17.3 Å². The highest BCUT2D eigenvalue weighted by Crippen LogP contribution is 2.30. The molecule has 0 saturated carbocycles. The molecule has 0 saturated heterocycles. The summed E-state index contributed by atoms with van der Waals surface area (Å²) in [5, 5.41) is -0.165. The SMILES string of the molecule is Cc1nc2c(F)c(F)cc(F)c2c(N)c1C. The van der Waals surface area contributed by atoms with Gasteiger partial charge in [-0.15, -0.1) is 0 Å². The number of nitrogens with zero attached hydrogens (tertiary/aromatic N) is 1. The summed E-state index contributed by atoms with van der Waals surface area (Å²) < 4.78 is 39.9. The molecule has 0 atom stereocenters. The van der Waals surface area contributed by atoms with Gasteiger partial charge in [0.2, 0.25) is 0 Å². The molecule has 0 fully saturated rings. The fourth-order valence-electron chi connectivity index (χ4n) is 1.58. The third-order valence-corrected chi connectivity index (χ3v) is 2.64. The van der Waals surface area contributed by atoms with Crippen molar-refractivity contribution in [2.75, 3.05) is 5.73 Å². The second kappa shape index (κ2) is 3.37. The fourth-order valence-corrected chi connectivity index (χ4v) is 1.58. The van der Waals surface area contributed by atoms with Gasteiger partial charge in [0, 0.05) is 17.4 Å². The lowest BCUT2D eigenvalue weighted by Gasteiger charge is -2.10. The third kappa shape index (κ3) is 1.31. The lowest BCUT2D eigenvalue weighted by molar-refractivity contribution is 0.504. The second-order valence-corrected chi connectivity index (χ2v) is 3.61. The summed E-state index contributed by atoms with van der Waals surface area (Å²) in [5.74, 6) is -3.34. The molecule has 1 heterocycles. The van der Waals surface area contributed by atoms with Crippen LogP contribution in [0.15, 0.2) is 6.07 Å². The molecule has 0 aliphatic carbocycles. The van der Waals surface area contributed by atoms with Crippen LogP contribution in [0.25, 0.3) is 10.9 Å². The van der Waals surface area contributed by atoms with Crippen molar-refractivity contribution in [2.45, 2.75) is 13.8 Å². The van der Waals surface area contributed by atoms with Crippen LogP contribution in [-0.2, 0) is 0 Å². The van der Waals surface area contributed by atoms with Crippen molar-refractivity contribution < 1.29 is 13.2 Å². The van der Waals surface area contributed by atoms with E-state index >= 15 is 0 Å². The number of halogens is 3. The Hall–Kier alpha value is -1.78. The smallest absolute Gasteiger partial charge is 0.185 e. The average molecular weight is 226 g/mol. The van der Waals surface area contributed by atoms with Gasteiger partial charge < -0.3 is 5.73 Å². The predicted molar refractivity (Wildman–Crippen MR) is 55.5 cm³/mol. The van der Waals surface area contributed by atoms with Crippen LogP contribution in [0.3, 0.4) is 0 Å². The summed E-state index contributed by atoms with van der Waals surface area (Å²) in [4.78, 5) is 3.82. The molecule has 1 aromatic heterocycles. The number of fused-ring (bicyclic) bond motifs is 1. The van der Waals surface area contributed by atoms with Gasteiger partial charge in [-0.3, -0.25) is 0 Å². The summed E-state index contributed by atoms with van der Waals surface area (Å²) in [5.41, 5.74) is 6.42. The number of hydrogen-bond donors (Lipinski definition) is 1. The maximum absolute atomic E-state index is 13.5. The number of rotatable bonds is 0. The van der Waals surface area contributed by atoms with E-state index in [4.69, 9.17) is 5.73 Å². The Morgan fingerprint density at radius 2 is 1.75 bits per heavy atom. The molecular weight excluding hydrogens is 217 g/mol. The van der Waals surface area contributed by atoms with E-state index in [1.54, 1.807) is 13.8 Å². The highest BCUT2D eigenvalue weighted by atomic mass is 19.2. The molecule has 0 bridgehead atoms. The molecule has 2 rings (SSSR count). The lowest BCUT2D eigenvalue weighted by Crippen LogP contribution is -2.02. The number of aromatic nitrogens is 1. The zero-order valence-electron chi connectivity index (χ0n) is 8.74. The van der Waals surface area contributed by atoms with Crippen LogP contribution in [0, 0.1) is 31.3 Å². The first-order valence-corrected chi connectivity index (χ1v) is 4.63. The Kier molecular flexibility index (Phi) is 2.26. The minimum absolute atomic E-state index is 0.0962. The highest BCUT2D eigenvalue weighted by molar-refractivity contribution is 5.93. The second-order valence-electron chi connectivity index (χ2n) is 3.61. The molecule has 0 unspecified atom stereocenters. The summed E-state index contributed by atoms with van der Waals surface area (Å²) >= 11 is 0. The van der Waals surface area contributed by atoms with Gasteiger partial charge in [0.15, 0.2) is 11.6 Å². The van der Waals surface area contributed by atoms with Crippen molar-refractivity contribution in [1.29, 1.82) is 0 Å². The number of hydrogen-bond acceptors (Lipinski definition) is 2. The van der Waals surface area contributed by atoms with Crippen LogP contribution in [0.2, 0.25) is 0 Å². The number of anilines is 1.